The zero-order valence-corrected chi connectivity index (χ0v) is 9.83. The van der Waals surface area contributed by atoms with Crippen molar-refractivity contribution in [1.82, 2.24) is 10.6 Å². The van der Waals surface area contributed by atoms with E-state index in [1.54, 1.807) is 7.11 Å². The first-order valence-electron chi connectivity index (χ1n) is 5.95. The van der Waals surface area contributed by atoms with Crippen LogP contribution in [0, 0.1) is 0 Å². The molecular weight excluding hydrogens is 200 g/mol. The van der Waals surface area contributed by atoms with Gasteiger partial charge in [-0.05, 0) is 43.6 Å². The summed E-state index contributed by atoms with van der Waals surface area (Å²) in [6, 6.07) is 8.97. The van der Waals surface area contributed by atoms with E-state index in [4.69, 9.17) is 4.74 Å². The molecule has 0 bridgehead atoms. The Labute approximate surface area is 97.2 Å². The highest BCUT2D eigenvalue weighted by Crippen LogP contribution is 2.11. The van der Waals surface area contributed by atoms with Crippen LogP contribution in [0.2, 0.25) is 0 Å². The fourth-order valence-electron chi connectivity index (χ4n) is 2.04. The van der Waals surface area contributed by atoms with Crippen LogP contribution in [-0.4, -0.2) is 32.8 Å². The summed E-state index contributed by atoms with van der Waals surface area (Å²) >= 11 is 0. The molecule has 1 unspecified atom stereocenters. The molecule has 0 spiro atoms. The molecule has 88 valence electrons. The van der Waals surface area contributed by atoms with Gasteiger partial charge in [0.1, 0.15) is 5.75 Å². The van der Waals surface area contributed by atoms with Gasteiger partial charge in [0.15, 0.2) is 0 Å². The highest BCUT2D eigenvalue weighted by molar-refractivity contribution is 5.27. The van der Waals surface area contributed by atoms with Crippen LogP contribution in [0.15, 0.2) is 24.3 Å². The van der Waals surface area contributed by atoms with Crippen molar-refractivity contribution in [3.05, 3.63) is 29.8 Å². The van der Waals surface area contributed by atoms with E-state index in [1.165, 1.54) is 12.0 Å². The lowest BCUT2D eigenvalue weighted by molar-refractivity contribution is 0.414. The first-order valence-corrected chi connectivity index (χ1v) is 5.95. The van der Waals surface area contributed by atoms with Gasteiger partial charge in [0, 0.05) is 12.6 Å². The molecular formula is C13H20N2O. The first kappa shape index (κ1) is 11.4. The largest absolute Gasteiger partial charge is 0.497 e. The lowest BCUT2D eigenvalue weighted by Gasteiger charge is -2.11. The Balaban J connectivity index is 1.71. The van der Waals surface area contributed by atoms with Crippen LogP contribution in [0.4, 0.5) is 0 Å². The van der Waals surface area contributed by atoms with Crippen molar-refractivity contribution in [2.24, 2.45) is 0 Å². The third kappa shape index (κ3) is 3.22. The van der Waals surface area contributed by atoms with E-state index < -0.39 is 0 Å². The maximum absolute atomic E-state index is 5.13. The summed E-state index contributed by atoms with van der Waals surface area (Å²) < 4.78 is 5.13. The maximum atomic E-state index is 5.13. The van der Waals surface area contributed by atoms with E-state index >= 15 is 0 Å². The van der Waals surface area contributed by atoms with Crippen molar-refractivity contribution < 1.29 is 4.74 Å². The van der Waals surface area contributed by atoms with Gasteiger partial charge in [0.05, 0.1) is 7.11 Å². The van der Waals surface area contributed by atoms with Crippen LogP contribution < -0.4 is 15.4 Å². The molecule has 1 aromatic carbocycles. The summed E-state index contributed by atoms with van der Waals surface area (Å²) in [5.41, 5.74) is 1.36. The number of methoxy groups -OCH3 is 1. The topological polar surface area (TPSA) is 33.3 Å². The third-order valence-corrected chi connectivity index (χ3v) is 3.07. The molecule has 2 rings (SSSR count). The molecule has 3 nitrogen and oxygen atoms in total. The molecule has 1 fully saturated rings. The van der Waals surface area contributed by atoms with Gasteiger partial charge in [0.25, 0.3) is 0 Å². The van der Waals surface area contributed by atoms with Gasteiger partial charge >= 0.3 is 0 Å². The minimum Gasteiger partial charge on any atom is -0.497 e. The second-order valence-corrected chi connectivity index (χ2v) is 4.24. The maximum Gasteiger partial charge on any atom is 0.118 e. The standard InChI is InChI=1S/C13H20N2O/c1-16-13-4-2-11(3-5-13)6-9-15-12-7-8-14-10-12/h2-5,12,14-15H,6-10H2,1H3. The van der Waals surface area contributed by atoms with Crippen molar-refractivity contribution in [2.75, 3.05) is 26.7 Å². The Morgan fingerprint density at radius 2 is 2.19 bits per heavy atom. The van der Waals surface area contributed by atoms with Crippen LogP contribution in [0.3, 0.4) is 0 Å². The second kappa shape index (κ2) is 5.87. The summed E-state index contributed by atoms with van der Waals surface area (Å²) in [5.74, 6) is 0.928. The Morgan fingerprint density at radius 3 is 2.81 bits per heavy atom. The second-order valence-electron chi connectivity index (χ2n) is 4.24. The monoisotopic (exact) mass is 220 g/mol. The zero-order valence-electron chi connectivity index (χ0n) is 9.83. The molecule has 0 aliphatic carbocycles. The molecule has 1 saturated heterocycles. The normalized spacial score (nSPS) is 19.9. The molecule has 0 radical (unpaired) electrons. The fourth-order valence-corrected chi connectivity index (χ4v) is 2.04. The van der Waals surface area contributed by atoms with E-state index in [1.807, 2.05) is 12.1 Å². The average Bonchev–Trinajstić information content (AvgIpc) is 2.83. The first-order chi connectivity index (χ1) is 7.88. The molecule has 2 N–H and O–H groups in total. The van der Waals surface area contributed by atoms with Gasteiger partial charge in [-0.15, -0.1) is 0 Å². The van der Waals surface area contributed by atoms with Crippen LogP contribution in [0.5, 0.6) is 5.75 Å². The van der Waals surface area contributed by atoms with E-state index in [0.717, 1.165) is 31.8 Å². The number of hydrogen-bond donors (Lipinski definition) is 2. The minimum atomic E-state index is 0.665. The molecule has 1 aromatic rings. The lowest BCUT2D eigenvalue weighted by atomic mass is 10.1. The molecule has 0 aromatic heterocycles. The van der Waals surface area contributed by atoms with E-state index in [-0.39, 0.29) is 0 Å². The van der Waals surface area contributed by atoms with Crippen LogP contribution in [-0.2, 0) is 6.42 Å². The number of rotatable bonds is 5. The molecule has 16 heavy (non-hydrogen) atoms. The Kier molecular flexibility index (Phi) is 4.19. The number of nitrogens with one attached hydrogen (secondary N) is 2. The molecule has 3 heteroatoms. The van der Waals surface area contributed by atoms with Crippen molar-refractivity contribution in [3.63, 3.8) is 0 Å². The van der Waals surface area contributed by atoms with Gasteiger partial charge in [-0.1, -0.05) is 12.1 Å². The third-order valence-electron chi connectivity index (χ3n) is 3.07. The Hall–Kier alpha value is -1.06. The fraction of sp³-hybridized carbons (Fsp3) is 0.538. The van der Waals surface area contributed by atoms with Crippen LogP contribution >= 0.6 is 0 Å². The Bertz CT molecular complexity index is 304. The van der Waals surface area contributed by atoms with E-state index in [0.29, 0.717) is 6.04 Å². The van der Waals surface area contributed by atoms with Crippen molar-refractivity contribution in [1.29, 1.82) is 0 Å². The predicted octanol–water partition coefficient (Wildman–Crippen LogP) is 1.19. The summed E-state index contributed by atoms with van der Waals surface area (Å²) in [4.78, 5) is 0. The van der Waals surface area contributed by atoms with Crippen LogP contribution in [0.25, 0.3) is 0 Å². The van der Waals surface area contributed by atoms with E-state index in [9.17, 15) is 0 Å². The smallest absolute Gasteiger partial charge is 0.118 e. The van der Waals surface area contributed by atoms with Gasteiger partial charge in [-0.2, -0.15) is 0 Å². The lowest BCUT2D eigenvalue weighted by Crippen LogP contribution is -2.32. The molecule has 1 aliphatic rings. The highest BCUT2D eigenvalue weighted by atomic mass is 16.5. The van der Waals surface area contributed by atoms with E-state index in [2.05, 4.69) is 22.8 Å². The highest BCUT2D eigenvalue weighted by Gasteiger charge is 2.12. The quantitative estimate of drug-likeness (QED) is 0.782. The molecule has 0 amide bonds. The van der Waals surface area contributed by atoms with Crippen molar-refractivity contribution in [3.8, 4) is 5.75 Å². The molecule has 1 aliphatic heterocycles. The summed E-state index contributed by atoms with van der Waals surface area (Å²) in [6.07, 6.45) is 2.34. The number of benzene rings is 1. The predicted molar refractivity (Wildman–Crippen MR) is 66.0 cm³/mol. The van der Waals surface area contributed by atoms with Gasteiger partial charge in [0.2, 0.25) is 0 Å². The summed E-state index contributed by atoms with van der Waals surface area (Å²) in [5, 5.41) is 6.92. The number of hydrogen-bond acceptors (Lipinski definition) is 3. The van der Waals surface area contributed by atoms with Gasteiger partial charge in [-0.25, -0.2) is 0 Å². The number of ether oxygens (including phenoxy) is 1. The van der Waals surface area contributed by atoms with Gasteiger partial charge < -0.3 is 15.4 Å². The van der Waals surface area contributed by atoms with Gasteiger partial charge in [-0.3, -0.25) is 0 Å². The minimum absolute atomic E-state index is 0.665. The molecule has 1 atom stereocenters. The van der Waals surface area contributed by atoms with Crippen LogP contribution in [0.1, 0.15) is 12.0 Å². The zero-order chi connectivity index (χ0) is 11.2. The molecule has 0 saturated carbocycles. The summed E-state index contributed by atoms with van der Waals surface area (Å²) in [6.45, 7) is 3.32. The van der Waals surface area contributed by atoms with Crippen molar-refractivity contribution >= 4 is 0 Å². The summed E-state index contributed by atoms with van der Waals surface area (Å²) in [7, 11) is 1.70. The van der Waals surface area contributed by atoms with Crippen molar-refractivity contribution in [2.45, 2.75) is 18.9 Å². The Morgan fingerprint density at radius 1 is 1.38 bits per heavy atom. The molecule has 1 heterocycles. The average molecular weight is 220 g/mol. The SMILES string of the molecule is COc1ccc(CCNC2CCNC2)cc1.